The molecule has 0 aromatic heterocycles. The lowest BCUT2D eigenvalue weighted by Gasteiger charge is -2.25. The SMILES string of the molecule is CCNC(Cc1cc(F)ccc1Cl)C(C)C1CC1. The van der Waals surface area contributed by atoms with Crippen LogP contribution in [0.3, 0.4) is 0 Å². The van der Waals surface area contributed by atoms with Crippen LogP contribution in [-0.4, -0.2) is 12.6 Å². The second kappa shape index (κ2) is 6.03. The molecule has 1 nitrogen and oxygen atoms in total. The third kappa shape index (κ3) is 3.46. The van der Waals surface area contributed by atoms with Crippen LogP contribution in [-0.2, 0) is 6.42 Å². The topological polar surface area (TPSA) is 12.0 Å². The van der Waals surface area contributed by atoms with Crippen molar-refractivity contribution in [2.45, 2.75) is 39.2 Å². The predicted octanol–water partition coefficient (Wildman–Crippen LogP) is 4.05. The van der Waals surface area contributed by atoms with Gasteiger partial charge in [-0.25, -0.2) is 4.39 Å². The van der Waals surface area contributed by atoms with E-state index in [1.54, 1.807) is 12.1 Å². The van der Waals surface area contributed by atoms with E-state index < -0.39 is 0 Å². The third-order valence-corrected chi connectivity index (χ3v) is 4.28. The van der Waals surface area contributed by atoms with Crippen molar-refractivity contribution in [2.75, 3.05) is 6.54 Å². The maximum Gasteiger partial charge on any atom is 0.123 e. The maximum absolute atomic E-state index is 13.3. The summed E-state index contributed by atoms with van der Waals surface area (Å²) < 4.78 is 13.3. The molecule has 1 fully saturated rings. The molecule has 1 aliphatic carbocycles. The van der Waals surface area contributed by atoms with Crippen LogP contribution in [0.15, 0.2) is 18.2 Å². The molecular weight excluding hydrogens is 249 g/mol. The molecular formula is C15H21ClFN. The Balaban J connectivity index is 2.09. The molecule has 1 aromatic rings. The zero-order chi connectivity index (χ0) is 13.1. The van der Waals surface area contributed by atoms with Crippen molar-refractivity contribution in [1.29, 1.82) is 0 Å². The van der Waals surface area contributed by atoms with Crippen LogP contribution < -0.4 is 5.32 Å². The summed E-state index contributed by atoms with van der Waals surface area (Å²) in [6.07, 6.45) is 3.47. The van der Waals surface area contributed by atoms with Gasteiger partial charge in [0.2, 0.25) is 0 Å². The van der Waals surface area contributed by atoms with E-state index in [1.165, 1.54) is 18.9 Å². The summed E-state index contributed by atoms with van der Waals surface area (Å²) in [7, 11) is 0. The normalized spacial score (nSPS) is 18.7. The smallest absolute Gasteiger partial charge is 0.123 e. The van der Waals surface area contributed by atoms with Crippen LogP contribution in [0.1, 0.15) is 32.3 Å². The van der Waals surface area contributed by atoms with E-state index in [2.05, 4.69) is 19.2 Å². The standard InChI is InChI=1S/C15H21ClFN/c1-3-18-15(10(2)11-4-5-11)9-12-8-13(17)6-7-14(12)16/h6-8,10-11,15,18H,3-5,9H2,1-2H3. The molecule has 1 aromatic carbocycles. The average molecular weight is 270 g/mol. The van der Waals surface area contributed by atoms with Crippen molar-refractivity contribution in [3.63, 3.8) is 0 Å². The Bertz CT molecular complexity index is 403. The van der Waals surface area contributed by atoms with Gasteiger partial charge < -0.3 is 5.32 Å². The zero-order valence-corrected chi connectivity index (χ0v) is 11.8. The molecule has 0 radical (unpaired) electrons. The Morgan fingerprint density at radius 3 is 2.78 bits per heavy atom. The van der Waals surface area contributed by atoms with E-state index in [0.717, 1.165) is 24.4 Å². The Morgan fingerprint density at radius 2 is 2.17 bits per heavy atom. The van der Waals surface area contributed by atoms with E-state index in [4.69, 9.17) is 11.6 Å². The van der Waals surface area contributed by atoms with Crippen molar-refractivity contribution in [1.82, 2.24) is 5.32 Å². The molecule has 0 bridgehead atoms. The van der Waals surface area contributed by atoms with Crippen LogP contribution in [0.5, 0.6) is 0 Å². The fraction of sp³-hybridized carbons (Fsp3) is 0.600. The summed E-state index contributed by atoms with van der Waals surface area (Å²) >= 11 is 6.15. The van der Waals surface area contributed by atoms with Crippen LogP contribution in [0.4, 0.5) is 4.39 Å². The van der Waals surface area contributed by atoms with Gasteiger partial charge in [-0.2, -0.15) is 0 Å². The molecule has 2 unspecified atom stereocenters. The summed E-state index contributed by atoms with van der Waals surface area (Å²) in [4.78, 5) is 0. The van der Waals surface area contributed by atoms with Crippen LogP contribution in [0.2, 0.25) is 5.02 Å². The number of hydrogen-bond acceptors (Lipinski definition) is 1. The molecule has 0 spiro atoms. The van der Waals surface area contributed by atoms with Crippen molar-refractivity contribution in [2.24, 2.45) is 11.8 Å². The Hall–Kier alpha value is -0.600. The Kier molecular flexibility index (Phi) is 4.63. The van der Waals surface area contributed by atoms with Gasteiger partial charge in [0.15, 0.2) is 0 Å². The van der Waals surface area contributed by atoms with E-state index in [9.17, 15) is 4.39 Å². The monoisotopic (exact) mass is 269 g/mol. The van der Waals surface area contributed by atoms with Crippen molar-refractivity contribution >= 4 is 11.6 Å². The first-order chi connectivity index (χ1) is 8.61. The van der Waals surface area contributed by atoms with Crippen LogP contribution in [0, 0.1) is 17.7 Å². The van der Waals surface area contributed by atoms with Gasteiger partial charge in [0.25, 0.3) is 0 Å². The fourth-order valence-electron chi connectivity index (χ4n) is 2.59. The Morgan fingerprint density at radius 1 is 1.44 bits per heavy atom. The lowest BCUT2D eigenvalue weighted by Crippen LogP contribution is -2.37. The minimum absolute atomic E-state index is 0.205. The van der Waals surface area contributed by atoms with E-state index in [-0.39, 0.29) is 5.82 Å². The van der Waals surface area contributed by atoms with Gasteiger partial charge in [-0.05, 0) is 61.4 Å². The lowest BCUT2D eigenvalue weighted by atomic mass is 9.91. The second-order valence-electron chi connectivity index (χ2n) is 5.30. The lowest BCUT2D eigenvalue weighted by molar-refractivity contribution is 0.344. The summed E-state index contributed by atoms with van der Waals surface area (Å²) in [6, 6.07) is 5.02. The first-order valence-corrected chi connectivity index (χ1v) is 7.17. The molecule has 18 heavy (non-hydrogen) atoms. The highest BCUT2D eigenvalue weighted by molar-refractivity contribution is 6.31. The van der Waals surface area contributed by atoms with Gasteiger partial charge in [-0.1, -0.05) is 25.4 Å². The van der Waals surface area contributed by atoms with Gasteiger partial charge in [-0.3, -0.25) is 0 Å². The van der Waals surface area contributed by atoms with Gasteiger partial charge in [0, 0.05) is 11.1 Å². The van der Waals surface area contributed by atoms with Crippen molar-refractivity contribution < 1.29 is 4.39 Å². The minimum atomic E-state index is -0.205. The number of hydrogen-bond donors (Lipinski definition) is 1. The highest BCUT2D eigenvalue weighted by Crippen LogP contribution is 2.39. The molecule has 2 rings (SSSR count). The minimum Gasteiger partial charge on any atom is -0.314 e. The number of rotatable bonds is 6. The predicted molar refractivity (Wildman–Crippen MR) is 74.5 cm³/mol. The molecule has 2 atom stereocenters. The molecule has 0 aliphatic heterocycles. The molecule has 1 aliphatic rings. The van der Waals surface area contributed by atoms with Crippen molar-refractivity contribution in [3.8, 4) is 0 Å². The summed E-state index contributed by atoms with van der Waals surface area (Å²) in [6.45, 7) is 5.34. The average Bonchev–Trinajstić information content (AvgIpc) is 3.16. The number of nitrogens with one attached hydrogen (secondary N) is 1. The Labute approximate surface area is 114 Å². The highest BCUT2D eigenvalue weighted by Gasteiger charge is 2.33. The van der Waals surface area contributed by atoms with Gasteiger partial charge in [0.05, 0.1) is 0 Å². The quantitative estimate of drug-likeness (QED) is 0.822. The second-order valence-corrected chi connectivity index (χ2v) is 5.71. The first kappa shape index (κ1) is 13.8. The number of likely N-dealkylation sites (N-methyl/N-ethyl adjacent to an activating group) is 1. The molecule has 100 valence electrons. The number of halogens is 2. The molecule has 1 saturated carbocycles. The highest BCUT2D eigenvalue weighted by atomic mass is 35.5. The molecule has 3 heteroatoms. The van der Waals surface area contributed by atoms with E-state index in [0.29, 0.717) is 17.0 Å². The van der Waals surface area contributed by atoms with Gasteiger partial charge in [0.1, 0.15) is 5.82 Å². The molecule has 1 N–H and O–H groups in total. The zero-order valence-electron chi connectivity index (χ0n) is 11.0. The summed E-state index contributed by atoms with van der Waals surface area (Å²) in [5, 5.41) is 4.19. The molecule has 0 heterocycles. The summed E-state index contributed by atoms with van der Waals surface area (Å²) in [5.74, 6) is 1.26. The third-order valence-electron chi connectivity index (χ3n) is 3.91. The molecule has 0 amide bonds. The van der Waals surface area contributed by atoms with Gasteiger partial charge >= 0.3 is 0 Å². The van der Waals surface area contributed by atoms with Crippen LogP contribution >= 0.6 is 11.6 Å². The maximum atomic E-state index is 13.3. The van der Waals surface area contributed by atoms with Gasteiger partial charge in [-0.15, -0.1) is 0 Å². The van der Waals surface area contributed by atoms with Crippen molar-refractivity contribution in [3.05, 3.63) is 34.6 Å². The first-order valence-electron chi connectivity index (χ1n) is 6.79. The van der Waals surface area contributed by atoms with Crippen LogP contribution in [0.25, 0.3) is 0 Å². The number of benzene rings is 1. The fourth-order valence-corrected chi connectivity index (χ4v) is 2.79. The summed E-state index contributed by atoms with van der Waals surface area (Å²) in [5.41, 5.74) is 0.912. The molecule has 0 saturated heterocycles. The van der Waals surface area contributed by atoms with E-state index in [1.807, 2.05) is 0 Å². The largest absolute Gasteiger partial charge is 0.314 e. The van der Waals surface area contributed by atoms with E-state index >= 15 is 0 Å².